The van der Waals surface area contributed by atoms with Gasteiger partial charge < -0.3 is 15.4 Å². The highest BCUT2D eigenvalue weighted by atomic mass is 19.1. The molecule has 0 unspecified atom stereocenters. The number of nitrogens with one attached hydrogen (secondary N) is 2. The van der Waals surface area contributed by atoms with Crippen LogP contribution in [-0.4, -0.2) is 18.1 Å². The lowest BCUT2D eigenvalue weighted by atomic mass is 10.3. The maximum Gasteiger partial charge on any atom is 0.319 e. The van der Waals surface area contributed by atoms with Crippen LogP contribution in [0.15, 0.2) is 42.6 Å². The summed E-state index contributed by atoms with van der Waals surface area (Å²) >= 11 is 0. The number of halogens is 1. The number of nitrogens with zero attached hydrogens (tertiary/aromatic N) is 1. The molecule has 0 bridgehead atoms. The van der Waals surface area contributed by atoms with Gasteiger partial charge in [0.05, 0.1) is 12.8 Å². The quantitative estimate of drug-likeness (QED) is 0.901. The van der Waals surface area contributed by atoms with E-state index in [1.807, 2.05) is 0 Å². The van der Waals surface area contributed by atoms with E-state index in [0.717, 1.165) is 5.56 Å². The molecule has 2 aromatic rings. The minimum Gasteiger partial charge on any atom is -0.481 e. The lowest BCUT2D eigenvalue weighted by molar-refractivity contribution is 0.251. The Hall–Kier alpha value is -2.63. The number of anilines is 1. The van der Waals surface area contributed by atoms with E-state index in [9.17, 15) is 9.18 Å². The molecule has 1 aromatic carbocycles. The molecule has 2 rings (SSSR count). The van der Waals surface area contributed by atoms with Gasteiger partial charge in [-0.3, -0.25) is 0 Å². The predicted molar refractivity (Wildman–Crippen MR) is 73.0 cm³/mol. The predicted octanol–water partition coefficient (Wildman–Crippen LogP) is 2.55. The Balaban J connectivity index is 1.87. The number of aromatic nitrogens is 1. The number of hydrogen-bond acceptors (Lipinski definition) is 3. The first kappa shape index (κ1) is 13.8. The fourth-order valence-corrected chi connectivity index (χ4v) is 1.55. The number of hydrogen-bond donors (Lipinski definition) is 2. The van der Waals surface area contributed by atoms with Crippen LogP contribution in [0.5, 0.6) is 5.88 Å². The molecule has 104 valence electrons. The minimum absolute atomic E-state index is 0.137. The van der Waals surface area contributed by atoms with E-state index < -0.39 is 11.8 Å². The third-order valence-electron chi connectivity index (χ3n) is 2.58. The fraction of sp³-hybridized carbons (Fsp3) is 0.143. The van der Waals surface area contributed by atoms with Crippen molar-refractivity contribution in [1.29, 1.82) is 0 Å². The number of benzene rings is 1. The highest BCUT2D eigenvalue weighted by Crippen LogP contribution is 2.12. The molecule has 0 saturated heterocycles. The van der Waals surface area contributed by atoms with Crippen molar-refractivity contribution in [3.05, 3.63) is 54.0 Å². The Kier molecular flexibility index (Phi) is 4.49. The van der Waals surface area contributed by atoms with Gasteiger partial charge in [0.25, 0.3) is 0 Å². The summed E-state index contributed by atoms with van der Waals surface area (Å²) in [6.07, 6.45) is 1.60. The van der Waals surface area contributed by atoms with Crippen LogP contribution in [0.3, 0.4) is 0 Å². The van der Waals surface area contributed by atoms with Gasteiger partial charge >= 0.3 is 6.03 Å². The van der Waals surface area contributed by atoms with Crippen LogP contribution >= 0.6 is 0 Å². The van der Waals surface area contributed by atoms with Gasteiger partial charge in [0.1, 0.15) is 5.82 Å². The summed E-state index contributed by atoms with van der Waals surface area (Å²) in [7, 11) is 1.53. The highest BCUT2D eigenvalue weighted by Gasteiger charge is 2.05. The van der Waals surface area contributed by atoms with Crippen LogP contribution in [0.2, 0.25) is 0 Å². The SMILES string of the molecule is COc1ccc(CNC(=O)Nc2ccccc2F)cn1. The second-order valence-electron chi connectivity index (χ2n) is 4.00. The van der Waals surface area contributed by atoms with E-state index in [0.29, 0.717) is 5.88 Å². The number of rotatable bonds is 4. The molecule has 0 aliphatic heterocycles. The van der Waals surface area contributed by atoms with E-state index in [1.54, 1.807) is 30.5 Å². The van der Waals surface area contributed by atoms with Gasteiger partial charge in [-0.1, -0.05) is 18.2 Å². The molecule has 0 fully saturated rings. The summed E-state index contributed by atoms with van der Waals surface area (Å²) < 4.78 is 18.3. The molecule has 0 spiro atoms. The highest BCUT2D eigenvalue weighted by molar-refractivity contribution is 5.89. The maximum atomic E-state index is 13.3. The second kappa shape index (κ2) is 6.51. The lowest BCUT2D eigenvalue weighted by Crippen LogP contribution is -2.28. The number of amides is 2. The van der Waals surface area contributed by atoms with Crippen LogP contribution < -0.4 is 15.4 Å². The first-order chi connectivity index (χ1) is 9.69. The Morgan fingerprint density at radius 1 is 1.30 bits per heavy atom. The second-order valence-corrected chi connectivity index (χ2v) is 4.00. The monoisotopic (exact) mass is 275 g/mol. The standard InChI is InChI=1S/C14H14FN3O2/c1-20-13-7-6-10(8-16-13)9-17-14(19)18-12-5-3-2-4-11(12)15/h2-8H,9H2,1H3,(H2,17,18,19). The average molecular weight is 275 g/mol. The third-order valence-corrected chi connectivity index (χ3v) is 2.58. The van der Waals surface area contributed by atoms with Crippen molar-refractivity contribution in [1.82, 2.24) is 10.3 Å². The Bertz CT molecular complexity index is 587. The molecular weight excluding hydrogens is 261 g/mol. The topological polar surface area (TPSA) is 63.2 Å². The molecule has 0 aliphatic rings. The number of methoxy groups -OCH3 is 1. The van der Waals surface area contributed by atoms with E-state index in [-0.39, 0.29) is 12.2 Å². The van der Waals surface area contributed by atoms with Crippen molar-refractivity contribution in [2.75, 3.05) is 12.4 Å². The zero-order valence-corrected chi connectivity index (χ0v) is 10.9. The Labute approximate surface area is 115 Å². The summed E-state index contributed by atoms with van der Waals surface area (Å²) in [5, 5.41) is 5.05. The summed E-state index contributed by atoms with van der Waals surface area (Å²) in [4.78, 5) is 15.6. The van der Waals surface area contributed by atoms with Crippen molar-refractivity contribution in [3.8, 4) is 5.88 Å². The molecule has 0 radical (unpaired) electrons. The first-order valence-corrected chi connectivity index (χ1v) is 5.97. The van der Waals surface area contributed by atoms with Crippen molar-refractivity contribution in [2.24, 2.45) is 0 Å². The van der Waals surface area contributed by atoms with Gasteiger partial charge in [0.2, 0.25) is 5.88 Å². The van der Waals surface area contributed by atoms with Crippen molar-refractivity contribution < 1.29 is 13.9 Å². The normalized spacial score (nSPS) is 9.90. The summed E-state index contributed by atoms with van der Waals surface area (Å²) in [5.41, 5.74) is 0.951. The number of pyridine rings is 1. The average Bonchev–Trinajstić information content (AvgIpc) is 2.48. The van der Waals surface area contributed by atoms with Crippen molar-refractivity contribution in [3.63, 3.8) is 0 Å². The number of ether oxygens (including phenoxy) is 1. The molecular formula is C14H14FN3O2. The van der Waals surface area contributed by atoms with Crippen molar-refractivity contribution in [2.45, 2.75) is 6.54 Å². The van der Waals surface area contributed by atoms with Gasteiger partial charge in [-0.2, -0.15) is 0 Å². The molecule has 0 saturated carbocycles. The van der Waals surface area contributed by atoms with Crippen LogP contribution in [0, 0.1) is 5.82 Å². The molecule has 2 amide bonds. The maximum absolute atomic E-state index is 13.3. The van der Waals surface area contributed by atoms with Gasteiger partial charge in [0.15, 0.2) is 0 Å². The van der Waals surface area contributed by atoms with Gasteiger partial charge in [0, 0.05) is 18.8 Å². The summed E-state index contributed by atoms with van der Waals surface area (Å²) in [6.45, 7) is 0.289. The summed E-state index contributed by atoms with van der Waals surface area (Å²) in [5.74, 6) is 0.0262. The van der Waals surface area contributed by atoms with Gasteiger partial charge in [-0.25, -0.2) is 14.2 Å². The minimum atomic E-state index is -0.481. The Morgan fingerprint density at radius 3 is 2.75 bits per heavy atom. The molecule has 6 heteroatoms. The number of carbonyl (C=O) groups excluding carboxylic acids is 1. The number of urea groups is 1. The van der Waals surface area contributed by atoms with E-state index in [2.05, 4.69) is 15.6 Å². The van der Waals surface area contributed by atoms with Crippen LogP contribution in [0.25, 0.3) is 0 Å². The lowest BCUT2D eigenvalue weighted by Gasteiger charge is -2.08. The molecule has 2 N–H and O–H groups in total. The van der Waals surface area contributed by atoms with Crippen molar-refractivity contribution >= 4 is 11.7 Å². The first-order valence-electron chi connectivity index (χ1n) is 5.97. The number of para-hydroxylation sites is 1. The van der Waals surface area contributed by atoms with E-state index >= 15 is 0 Å². The van der Waals surface area contributed by atoms with E-state index in [1.165, 1.54) is 19.2 Å². The third kappa shape index (κ3) is 3.68. The molecule has 5 nitrogen and oxygen atoms in total. The van der Waals surface area contributed by atoms with Crippen LogP contribution in [0.4, 0.5) is 14.9 Å². The molecule has 1 aromatic heterocycles. The van der Waals surface area contributed by atoms with Crippen LogP contribution in [0.1, 0.15) is 5.56 Å². The zero-order valence-electron chi connectivity index (χ0n) is 10.9. The van der Waals surface area contributed by atoms with Gasteiger partial charge in [-0.15, -0.1) is 0 Å². The molecule has 1 heterocycles. The fourth-order valence-electron chi connectivity index (χ4n) is 1.55. The number of carbonyl (C=O) groups is 1. The van der Waals surface area contributed by atoms with E-state index in [4.69, 9.17) is 4.74 Å². The molecule has 20 heavy (non-hydrogen) atoms. The Morgan fingerprint density at radius 2 is 2.10 bits per heavy atom. The smallest absolute Gasteiger partial charge is 0.319 e. The molecule has 0 aliphatic carbocycles. The van der Waals surface area contributed by atoms with Crippen LogP contribution in [-0.2, 0) is 6.54 Å². The summed E-state index contributed by atoms with van der Waals surface area (Å²) in [6, 6.07) is 8.98. The van der Waals surface area contributed by atoms with Gasteiger partial charge in [-0.05, 0) is 17.7 Å². The molecule has 0 atom stereocenters. The zero-order chi connectivity index (χ0) is 14.4. The largest absolute Gasteiger partial charge is 0.481 e.